The van der Waals surface area contributed by atoms with Gasteiger partial charge in [0.2, 0.25) is 0 Å². The lowest BCUT2D eigenvalue weighted by molar-refractivity contribution is -0.384. The molecule has 8 nitrogen and oxygen atoms in total. The van der Waals surface area contributed by atoms with E-state index < -0.39 is 4.92 Å². The minimum absolute atomic E-state index is 0.00808. The Morgan fingerprint density at radius 2 is 2.00 bits per heavy atom. The van der Waals surface area contributed by atoms with E-state index in [1.54, 1.807) is 25.3 Å². The number of non-ortho nitro benzene ring substituents is 1. The molecule has 0 saturated carbocycles. The molecule has 1 aliphatic rings. The summed E-state index contributed by atoms with van der Waals surface area (Å²) in [7, 11) is 1.57. The van der Waals surface area contributed by atoms with Crippen molar-refractivity contribution >= 4 is 34.7 Å². The number of hydrogen-bond donors (Lipinski definition) is 0. The second kappa shape index (κ2) is 8.62. The molecule has 2 heterocycles. The maximum atomic E-state index is 12.6. The van der Waals surface area contributed by atoms with Crippen LogP contribution in [0.4, 0.5) is 10.5 Å². The van der Waals surface area contributed by atoms with E-state index in [4.69, 9.17) is 4.74 Å². The number of imide groups is 1. The van der Waals surface area contributed by atoms with Crippen LogP contribution in [0.5, 0.6) is 0 Å². The summed E-state index contributed by atoms with van der Waals surface area (Å²) < 4.78 is 6.87. The SMILES string of the molecule is COCCCN1C(=O)S/C(=C/c2cc(C)n(-c3cccc([N+](=O)[O-])c3)c2C)C1=O. The number of benzene rings is 1. The number of rotatable bonds is 7. The van der Waals surface area contributed by atoms with Gasteiger partial charge in [-0.1, -0.05) is 6.07 Å². The van der Waals surface area contributed by atoms with Crippen molar-refractivity contribution in [3.63, 3.8) is 0 Å². The molecule has 0 aliphatic carbocycles. The van der Waals surface area contributed by atoms with Crippen molar-refractivity contribution in [2.75, 3.05) is 20.3 Å². The van der Waals surface area contributed by atoms with Gasteiger partial charge in [-0.15, -0.1) is 0 Å². The van der Waals surface area contributed by atoms with E-state index in [0.29, 0.717) is 30.2 Å². The number of thioether (sulfide) groups is 1. The summed E-state index contributed by atoms with van der Waals surface area (Å²) >= 11 is 0.920. The highest BCUT2D eigenvalue weighted by molar-refractivity contribution is 8.18. The number of nitro benzene ring substituents is 1. The van der Waals surface area contributed by atoms with E-state index in [1.807, 2.05) is 24.5 Å². The highest BCUT2D eigenvalue weighted by Gasteiger charge is 2.34. The first-order chi connectivity index (χ1) is 13.8. The van der Waals surface area contributed by atoms with Crippen LogP contribution in [0, 0.1) is 24.0 Å². The molecule has 0 N–H and O–H groups in total. The van der Waals surface area contributed by atoms with Gasteiger partial charge in [-0.3, -0.25) is 24.6 Å². The molecule has 0 bridgehead atoms. The molecule has 2 aromatic rings. The van der Waals surface area contributed by atoms with Gasteiger partial charge in [0.15, 0.2) is 0 Å². The number of nitro groups is 1. The fraction of sp³-hybridized carbons (Fsp3) is 0.300. The van der Waals surface area contributed by atoms with Gasteiger partial charge in [0.25, 0.3) is 16.8 Å². The number of aryl methyl sites for hydroxylation is 1. The van der Waals surface area contributed by atoms with Crippen LogP contribution >= 0.6 is 11.8 Å². The highest BCUT2D eigenvalue weighted by Crippen LogP contribution is 2.34. The van der Waals surface area contributed by atoms with Crippen molar-refractivity contribution < 1.29 is 19.2 Å². The molecular formula is C20H21N3O5S. The van der Waals surface area contributed by atoms with Crippen LogP contribution < -0.4 is 0 Å². The Balaban J connectivity index is 1.91. The quantitative estimate of drug-likeness (QED) is 0.293. The monoisotopic (exact) mass is 415 g/mol. The molecule has 2 amide bonds. The predicted octanol–water partition coefficient (Wildman–Crippen LogP) is 4.08. The lowest BCUT2D eigenvalue weighted by atomic mass is 10.2. The van der Waals surface area contributed by atoms with Crippen molar-refractivity contribution in [2.45, 2.75) is 20.3 Å². The predicted molar refractivity (Wildman–Crippen MR) is 111 cm³/mol. The number of methoxy groups -OCH3 is 1. The van der Waals surface area contributed by atoms with Gasteiger partial charge in [0, 0.05) is 43.8 Å². The Kier molecular flexibility index (Phi) is 6.19. The lowest BCUT2D eigenvalue weighted by Gasteiger charge is -2.11. The third-order valence-corrected chi connectivity index (χ3v) is 5.57. The van der Waals surface area contributed by atoms with E-state index in [-0.39, 0.29) is 16.8 Å². The van der Waals surface area contributed by atoms with Crippen LogP contribution in [0.3, 0.4) is 0 Å². The van der Waals surface area contributed by atoms with Crippen molar-refractivity contribution in [3.05, 3.63) is 62.3 Å². The van der Waals surface area contributed by atoms with Gasteiger partial charge in [-0.25, -0.2) is 0 Å². The third kappa shape index (κ3) is 4.25. The first-order valence-corrected chi connectivity index (χ1v) is 9.83. The molecule has 1 fully saturated rings. The number of aromatic nitrogens is 1. The number of amides is 2. The standard InChI is InChI=1S/C20H21N3O5S/c1-13-10-15(11-18-19(24)21(20(25)29-18)8-5-9-28-3)14(2)22(13)16-6-4-7-17(12-16)23(26)27/h4,6-7,10-12H,5,8-9H2,1-3H3/b18-11+. The maximum absolute atomic E-state index is 12.6. The summed E-state index contributed by atoms with van der Waals surface area (Å²) in [6.45, 7) is 4.56. The van der Waals surface area contributed by atoms with Gasteiger partial charge in [0.1, 0.15) is 0 Å². The van der Waals surface area contributed by atoms with E-state index in [1.165, 1.54) is 17.0 Å². The second-order valence-electron chi connectivity index (χ2n) is 6.62. The zero-order valence-electron chi connectivity index (χ0n) is 16.4. The number of carbonyl (C=O) groups excluding carboxylic acids is 2. The first kappa shape index (κ1) is 20.8. The fourth-order valence-electron chi connectivity index (χ4n) is 3.28. The van der Waals surface area contributed by atoms with Crippen LogP contribution in [0.1, 0.15) is 23.4 Å². The largest absolute Gasteiger partial charge is 0.385 e. The van der Waals surface area contributed by atoms with E-state index in [0.717, 1.165) is 28.7 Å². The zero-order valence-corrected chi connectivity index (χ0v) is 17.2. The van der Waals surface area contributed by atoms with Gasteiger partial charge in [0.05, 0.1) is 15.5 Å². The molecule has 0 radical (unpaired) electrons. The summed E-state index contributed by atoms with van der Waals surface area (Å²) in [5, 5.41) is 10.8. The Morgan fingerprint density at radius 3 is 2.69 bits per heavy atom. The van der Waals surface area contributed by atoms with Crippen LogP contribution in [-0.4, -0.2) is 45.8 Å². The third-order valence-electron chi connectivity index (χ3n) is 4.66. The minimum atomic E-state index is -0.432. The topological polar surface area (TPSA) is 94.7 Å². The minimum Gasteiger partial charge on any atom is -0.385 e. The van der Waals surface area contributed by atoms with Crippen LogP contribution in [0.15, 0.2) is 35.2 Å². The second-order valence-corrected chi connectivity index (χ2v) is 7.61. The Bertz CT molecular complexity index is 1010. The highest BCUT2D eigenvalue weighted by atomic mass is 32.2. The molecule has 9 heteroatoms. The molecule has 1 aliphatic heterocycles. The molecule has 1 aromatic heterocycles. The van der Waals surface area contributed by atoms with Gasteiger partial charge < -0.3 is 9.30 Å². The number of hydrogen-bond acceptors (Lipinski definition) is 6. The smallest absolute Gasteiger partial charge is 0.293 e. The number of ether oxygens (including phenoxy) is 1. The number of nitrogens with zero attached hydrogens (tertiary/aromatic N) is 3. The molecule has 0 spiro atoms. The van der Waals surface area contributed by atoms with Crippen LogP contribution in [0.25, 0.3) is 11.8 Å². The summed E-state index contributed by atoms with van der Waals surface area (Å²) in [4.78, 5) is 37.0. The molecular weight excluding hydrogens is 394 g/mol. The van der Waals surface area contributed by atoms with E-state index in [2.05, 4.69) is 0 Å². The van der Waals surface area contributed by atoms with Crippen molar-refractivity contribution in [1.29, 1.82) is 0 Å². The van der Waals surface area contributed by atoms with Gasteiger partial charge in [-0.2, -0.15) is 0 Å². The van der Waals surface area contributed by atoms with E-state index >= 15 is 0 Å². The zero-order chi connectivity index (χ0) is 21.1. The van der Waals surface area contributed by atoms with Crippen molar-refractivity contribution in [3.8, 4) is 5.69 Å². The molecule has 152 valence electrons. The molecule has 29 heavy (non-hydrogen) atoms. The number of carbonyl (C=O) groups is 2. The molecule has 0 atom stereocenters. The Labute approximate surface area is 172 Å². The lowest BCUT2D eigenvalue weighted by Crippen LogP contribution is -2.29. The van der Waals surface area contributed by atoms with Crippen LogP contribution in [-0.2, 0) is 9.53 Å². The van der Waals surface area contributed by atoms with Crippen molar-refractivity contribution in [1.82, 2.24) is 9.47 Å². The van der Waals surface area contributed by atoms with Gasteiger partial charge >= 0.3 is 0 Å². The molecule has 1 saturated heterocycles. The molecule has 1 aromatic carbocycles. The fourth-order valence-corrected chi connectivity index (χ4v) is 4.13. The Hall–Kier alpha value is -2.91. The average molecular weight is 415 g/mol. The van der Waals surface area contributed by atoms with Crippen LogP contribution in [0.2, 0.25) is 0 Å². The summed E-state index contributed by atoms with van der Waals surface area (Å²) in [5.74, 6) is -0.309. The van der Waals surface area contributed by atoms with E-state index in [9.17, 15) is 19.7 Å². The Morgan fingerprint density at radius 1 is 1.24 bits per heavy atom. The summed E-state index contributed by atoms with van der Waals surface area (Å²) in [6, 6.07) is 8.27. The maximum Gasteiger partial charge on any atom is 0.293 e. The van der Waals surface area contributed by atoms with Gasteiger partial charge in [-0.05, 0) is 55.8 Å². The van der Waals surface area contributed by atoms with Crippen molar-refractivity contribution in [2.24, 2.45) is 0 Å². The summed E-state index contributed by atoms with van der Waals surface area (Å²) in [6.07, 6.45) is 2.29. The molecule has 0 unspecified atom stereocenters. The average Bonchev–Trinajstić information content (AvgIpc) is 3.11. The normalized spacial score (nSPS) is 15.6. The first-order valence-electron chi connectivity index (χ1n) is 9.01. The summed E-state index contributed by atoms with van der Waals surface area (Å²) in [5.41, 5.74) is 3.16. The molecule has 3 rings (SSSR count).